The van der Waals surface area contributed by atoms with Crippen LogP contribution >= 0.6 is 0 Å². The van der Waals surface area contributed by atoms with Crippen molar-refractivity contribution in [1.82, 2.24) is 14.8 Å². The second-order valence-electron chi connectivity index (χ2n) is 5.08. The van der Waals surface area contributed by atoms with Gasteiger partial charge in [0.1, 0.15) is 5.82 Å². The molecule has 0 spiro atoms. The van der Waals surface area contributed by atoms with Crippen LogP contribution in [0.3, 0.4) is 0 Å². The Balaban J connectivity index is 2.01. The lowest BCUT2D eigenvalue weighted by Crippen LogP contribution is -2.19. The maximum absolute atomic E-state index is 5.78. The van der Waals surface area contributed by atoms with Crippen molar-refractivity contribution in [3.05, 3.63) is 41.9 Å². The van der Waals surface area contributed by atoms with Gasteiger partial charge in [0.05, 0.1) is 6.20 Å². The zero-order valence-corrected chi connectivity index (χ0v) is 11.7. The molecule has 2 aromatic rings. The van der Waals surface area contributed by atoms with Crippen LogP contribution in [0.1, 0.15) is 18.1 Å². The fourth-order valence-corrected chi connectivity index (χ4v) is 2.04. The van der Waals surface area contributed by atoms with Gasteiger partial charge < -0.3 is 10.6 Å². The monoisotopic (exact) mass is 259 g/mol. The number of anilines is 1. The number of aromatic nitrogens is 3. The third-order valence-corrected chi connectivity index (χ3v) is 2.94. The van der Waals surface area contributed by atoms with Crippen molar-refractivity contribution in [3.63, 3.8) is 0 Å². The van der Waals surface area contributed by atoms with Crippen LogP contribution in [0.25, 0.3) is 0 Å². The van der Waals surface area contributed by atoms with Gasteiger partial charge in [0.25, 0.3) is 0 Å². The van der Waals surface area contributed by atoms with Crippen molar-refractivity contribution >= 4 is 5.82 Å². The average Bonchev–Trinajstić information content (AvgIpc) is 2.75. The third-order valence-electron chi connectivity index (χ3n) is 2.94. The molecule has 1 unspecified atom stereocenters. The van der Waals surface area contributed by atoms with Gasteiger partial charge in [0.15, 0.2) is 0 Å². The van der Waals surface area contributed by atoms with Crippen LogP contribution < -0.4 is 10.6 Å². The molecule has 102 valence electrons. The lowest BCUT2D eigenvalue weighted by Gasteiger charge is -2.17. The number of nitrogens with zero attached hydrogens (tertiary/aromatic N) is 4. The Morgan fingerprint density at radius 3 is 2.63 bits per heavy atom. The highest BCUT2D eigenvalue weighted by atomic mass is 15.2. The number of rotatable bonds is 5. The molecule has 0 aromatic carbocycles. The Kier molecular flexibility index (Phi) is 4.16. The summed E-state index contributed by atoms with van der Waals surface area (Å²) < 4.78 is 1.81. The first-order valence-corrected chi connectivity index (χ1v) is 6.44. The minimum absolute atomic E-state index is 0.167. The van der Waals surface area contributed by atoms with Crippen molar-refractivity contribution in [3.8, 4) is 0 Å². The third kappa shape index (κ3) is 3.79. The molecule has 0 saturated heterocycles. The minimum Gasteiger partial charge on any atom is -0.355 e. The maximum Gasteiger partial charge on any atom is 0.128 e. The predicted molar refractivity (Wildman–Crippen MR) is 76.9 cm³/mol. The summed E-state index contributed by atoms with van der Waals surface area (Å²) in [6.45, 7) is 2.80. The Labute approximate surface area is 114 Å². The molecule has 2 aromatic heterocycles. The number of nitrogens with two attached hydrogens (primary N) is 1. The molecule has 5 nitrogen and oxygen atoms in total. The number of hydrogen-bond acceptors (Lipinski definition) is 4. The molecule has 2 rings (SSSR count). The van der Waals surface area contributed by atoms with Crippen LogP contribution in [-0.2, 0) is 20.0 Å². The van der Waals surface area contributed by atoms with E-state index in [9.17, 15) is 0 Å². The molecule has 0 aliphatic heterocycles. The van der Waals surface area contributed by atoms with E-state index in [0.717, 1.165) is 18.8 Å². The Morgan fingerprint density at radius 1 is 1.32 bits per heavy atom. The smallest absolute Gasteiger partial charge is 0.128 e. The molecule has 19 heavy (non-hydrogen) atoms. The van der Waals surface area contributed by atoms with Crippen LogP contribution in [0.2, 0.25) is 0 Å². The van der Waals surface area contributed by atoms with Crippen LogP contribution in [0.5, 0.6) is 0 Å². The van der Waals surface area contributed by atoms with E-state index in [1.807, 2.05) is 50.4 Å². The van der Waals surface area contributed by atoms with Gasteiger partial charge in [-0.3, -0.25) is 4.68 Å². The SMILES string of the molecule is CC(N)Cc1ccc(N(C)Cc2cnn(C)c2)nc1. The molecule has 5 heteroatoms. The summed E-state index contributed by atoms with van der Waals surface area (Å²) >= 11 is 0. The summed E-state index contributed by atoms with van der Waals surface area (Å²) in [5.41, 5.74) is 8.13. The van der Waals surface area contributed by atoms with Crippen molar-refractivity contribution in [1.29, 1.82) is 0 Å². The number of aryl methyl sites for hydroxylation is 1. The van der Waals surface area contributed by atoms with Crippen LogP contribution in [0.15, 0.2) is 30.7 Å². The first-order valence-electron chi connectivity index (χ1n) is 6.44. The molecule has 2 heterocycles. The Bertz CT molecular complexity index is 515. The van der Waals surface area contributed by atoms with E-state index in [0.29, 0.717) is 0 Å². The zero-order chi connectivity index (χ0) is 13.8. The topological polar surface area (TPSA) is 60.0 Å². The largest absolute Gasteiger partial charge is 0.355 e. The van der Waals surface area contributed by atoms with Gasteiger partial charge >= 0.3 is 0 Å². The molecule has 0 aliphatic rings. The molecule has 1 atom stereocenters. The van der Waals surface area contributed by atoms with Gasteiger partial charge in [-0.1, -0.05) is 6.07 Å². The van der Waals surface area contributed by atoms with Crippen molar-refractivity contribution in [2.24, 2.45) is 12.8 Å². The van der Waals surface area contributed by atoms with E-state index in [1.165, 1.54) is 11.1 Å². The van der Waals surface area contributed by atoms with Gasteiger partial charge in [0.2, 0.25) is 0 Å². The van der Waals surface area contributed by atoms with E-state index in [2.05, 4.69) is 21.0 Å². The second kappa shape index (κ2) is 5.84. The highest BCUT2D eigenvalue weighted by molar-refractivity contribution is 5.39. The molecular weight excluding hydrogens is 238 g/mol. The molecule has 0 saturated carbocycles. The van der Waals surface area contributed by atoms with Crippen molar-refractivity contribution < 1.29 is 0 Å². The molecule has 0 amide bonds. The second-order valence-corrected chi connectivity index (χ2v) is 5.08. The van der Waals surface area contributed by atoms with Crippen molar-refractivity contribution in [2.45, 2.75) is 25.9 Å². The van der Waals surface area contributed by atoms with Gasteiger partial charge in [-0.05, 0) is 25.0 Å². The van der Waals surface area contributed by atoms with E-state index in [1.54, 1.807) is 0 Å². The molecular formula is C14H21N5. The summed E-state index contributed by atoms with van der Waals surface area (Å²) in [6.07, 6.45) is 6.65. The molecule has 0 bridgehead atoms. The predicted octanol–water partition coefficient (Wildman–Crippen LogP) is 1.34. The normalized spacial score (nSPS) is 12.4. The molecule has 2 N–H and O–H groups in total. The highest BCUT2D eigenvalue weighted by Crippen LogP contribution is 2.13. The van der Waals surface area contributed by atoms with Crippen LogP contribution in [0.4, 0.5) is 5.82 Å². The van der Waals surface area contributed by atoms with Gasteiger partial charge in [-0.15, -0.1) is 0 Å². The lowest BCUT2D eigenvalue weighted by atomic mass is 10.1. The van der Waals surface area contributed by atoms with Crippen LogP contribution in [0, 0.1) is 0 Å². The Hall–Kier alpha value is -1.88. The number of hydrogen-bond donors (Lipinski definition) is 1. The fourth-order valence-electron chi connectivity index (χ4n) is 2.04. The lowest BCUT2D eigenvalue weighted by molar-refractivity contribution is 0.735. The van der Waals surface area contributed by atoms with Crippen molar-refractivity contribution in [2.75, 3.05) is 11.9 Å². The van der Waals surface area contributed by atoms with Crippen LogP contribution in [-0.4, -0.2) is 27.9 Å². The molecule has 0 aliphatic carbocycles. The summed E-state index contributed by atoms with van der Waals surface area (Å²) in [6, 6.07) is 4.29. The summed E-state index contributed by atoms with van der Waals surface area (Å²) in [5.74, 6) is 0.956. The first-order chi connectivity index (χ1) is 9.04. The number of pyridine rings is 1. The van der Waals surface area contributed by atoms with Gasteiger partial charge in [-0.25, -0.2) is 4.98 Å². The zero-order valence-electron chi connectivity index (χ0n) is 11.7. The maximum atomic E-state index is 5.78. The fraction of sp³-hybridized carbons (Fsp3) is 0.429. The van der Waals surface area contributed by atoms with E-state index >= 15 is 0 Å². The first kappa shape index (κ1) is 13.5. The Morgan fingerprint density at radius 2 is 2.11 bits per heavy atom. The van der Waals surface area contributed by atoms with E-state index in [-0.39, 0.29) is 6.04 Å². The van der Waals surface area contributed by atoms with Gasteiger partial charge in [-0.2, -0.15) is 5.10 Å². The van der Waals surface area contributed by atoms with E-state index < -0.39 is 0 Å². The summed E-state index contributed by atoms with van der Waals surface area (Å²) in [7, 11) is 3.95. The summed E-state index contributed by atoms with van der Waals surface area (Å²) in [5, 5.41) is 4.17. The molecule has 0 fully saturated rings. The van der Waals surface area contributed by atoms with Gasteiger partial charge in [0, 0.05) is 44.6 Å². The summed E-state index contributed by atoms with van der Waals surface area (Å²) in [4.78, 5) is 6.58. The molecule has 0 radical (unpaired) electrons. The minimum atomic E-state index is 0.167. The van der Waals surface area contributed by atoms with E-state index in [4.69, 9.17) is 5.73 Å². The quantitative estimate of drug-likeness (QED) is 0.880. The average molecular weight is 259 g/mol. The highest BCUT2D eigenvalue weighted by Gasteiger charge is 2.06. The standard InChI is InChI=1S/C14H21N5/c1-11(15)6-12-4-5-14(16-7-12)18(2)9-13-8-17-19(3)10-13/h4-5,7-8,10-11H,6,9,15H2,1-3H3.